The molecule has 0 spiro atoms. The minimum absolute atomic E-state index is 0.000917. The molecule has 1 amide bonds. The van der Waals surface area contributed by atoms with E-state index in [1.165, 1.54) is 0 Å². The normalized spacial score (nSPS) is 13.3. The monoisotopic (exact) mass is 271 g/mol. The summed E-state index contributed by atoms with van der Waals surface area (Å²) in [6, 6.07) is 0.200. The van der Waals surface area contributed by atoms with Crippen molar-refractivity contribution in [2.45, 2.75) is 72.4 Å². The van der Waals surface area contributed by atoms with Gasteiger partial charge in [0, 0.05) is 19.5 Å². The molecule has 0 aliphatic heterocycles. The quantitative estimate of drug-likeness (QED) is 0.698. The molecule has 0 aromatic rings. The zero-order valence-corrected chi connectivity index (χ0v) is 13.4. The van der Waals surface area contributed by atoms with Crippen molar-refractivity contribution in [2.75, 3.05) is 7.05 Å². The van der Waals surface area contributed by atoms with E-state index in [2.05, 4.69) is 13.8 Å². The number of carbonyl (C=O) groups is 2. The molecule has 4 heteroatoms. The lowest BCUT2D eigenvalue weighted by Gasteiger charge is -2.26. The zero-order valence-electron chi connectivity index (χ0n) is 13.4. The molecule has 1 unspecified atom stereocenters. The van der Waals surface area contributed by atoms with Crippen molar-refractivity contribution in [1.82, 2.24) is 4.90 Å². The number of ether oxygens (including phenoxy) is 1. The van der Waals surface area contributed by atoms with E-state index in [1.54, 1.807) is 11.9 Å². The van der Waals surface area contributed by atoms with Crippen molar-refractivity contribution in [2.24, 2.45) is 5.92 Å². The second-order valence-electron chi connectivity index (χ2n) is 6.57. The van der Waals surface area contributed by atoms with Gasteiger partial charge in [-0.2, -0.15) is 0 Å². The molecule has 0 fully saturated rings. The number of hydrogen-bond acceptors (Lipinski definition) is 3. The van der Waals surface area contributed by atoms with Crippen molar-refractivity contribution in [3.05, 3.63) is 0 Å². The first kappa shape index (κ1) is 17.9. The predicted molar refractivity (Wildman–Crippen MR) is 76.8 cm³/mol. The van der Waals surface area contributed by atoms with Crippen LogP contribution >= 0.6 is 0 Å². The predicted octanol–water partition coefficient (Wildman–Crippen LogP) is 3.00. The van der Waals surface area contributed by atoms with Gasteiger partial charge in [-0.1, -0.05) is 13.8 Å². The molecule has 0 aliphatic carbocycles. The second kappa shape index (κ2) is 7.51. The number of amides is 1. The highest BCUT2D eigenvalue weighted by atomic mass is 16.6. The Kier molecular flexibility index (Phi) is 7.09. The Morgan fingerprint density at radius 3 is 2.05 bits per heavy atom. The lowest BCUT2D eigenvalue weighted by Crippen LogP contribution is -2.36. The van der Waals surface area contributed by atoms with Crippen molar-refractivity contribution < 1.29 is 14.3 Å². The summed E-state index contributed by atoms with van der Waals surface area (Å²) >= 11 is 0. The number of nitrogens with zero attached hydrogens (tertiary/aromatic N) is 1. The zero-order chi connectivity index (χ0) is 15.2. The Morgan fingerprint density at radius 1 is 1.11 bits per heavy atom. The summed E-state index contributed by atoms with van der Waals surface area (Å²) < 4.78 is 5.18. The summed E-state index contributed by atoms with van der Waals surface area (Å²) in [5.74, 6) is 0.237. The van der Waals surface area contributed by atoms with Gasteiger partial charge in [-0.3, -0.25) is 9.59 Å². The van der Waals surface area contributed by atoms with Gasteiger partial charge in [-0.25, -0.2) is 0 Å². The van der Waals surface area contributed by atoms with E-state index in [0.717, 1.165) is 6.42 Å². The maximum Gasteiger partial charge on any atom is 0.306 e. The second-order valence-corrected chi connectivity index (χ2v) is 6.57. The van der Waals surface area contributed by atoms with Crippen molar-refractivity contribution >= 4 is 11.9 Å². The molecule has 4 nitrogen and oxygen atoms in total. The highest BCUT2D eigenvalue weighted by Gasteiger charge is 2.20. The summed E-state index contributed by atoms with van der Waals surface area (Å²) in [6.07, 6.45) is 1.33. The Morgan fingerprint density at radius 2 is 1.63 bits per heavy atom. The van der Waals surface area contributed by atoms with Crippen molar-refractivity contribution in [1.29, 1.82) is 0 Å². The average Bonchev–Trinajstić information content (AvgIpc) is 2.21. The molecule has 0 N–H and O–H groups in total. The molecular weight excluding hydrogens is 242 g/mol. The average molecular weight is 271 g/mol. The van der Waals surface area contributed by atoms with E-state index in [-0.39, 0.29) is 30.8 Å². The molecule has 0 radical (unpaired) electrons. The first-order valence-electron chi connectivity index (χ1n) is 7.00. The van der Waals surface area contributed by atoms with E-state index in [1.807, 2.05) is 27.7 Å². The van der Waals surface area contributed by atoms with Crippen LogP contribution < -0.4 is 0 Å². The molecule has 0 aromatic carbocycles. The molecule has 0 saturated carbocycles. The van der Waals surface area contributed by atoms with E-state index in [4.69, 9.17) is 4.74 Å². The van der Waals surface area contributed by atoms with Crippen molar-refractivity contribution in [3.63, 3.8) is 0 Å². The van der Waals surface area contributed by atoms with Crippen LogP contribution in [0.3, 0.4) is 0 Å². The van der Waals surface area contributed by atoms with Gasteiger partial charge in [0.1, 0.15) is 5.60 Å². The maximum atomic E-state index is 12.0. The van der Waals surface area contributed by atoms with Crippen LogP contribution in [-0.2, 0) is 14.3 Å². The SMILES string of the molecule is CC(C)CC(C)N(C)C(=O)CCC(=O)OC(C)(C)C. The van der Waals surface area contributed by atoms with Crippen LogP contribution in [0.2, 0.25) is 0 Å². The fraction of sp³-hybridized carbons (Fsp3) is 0.867. The number of hydrogen-bond donors (Lipinski definition) is 0. The van der Waals surface area contributed by atoms with Gasteiger partial charge in [0.15, 0.2) is 0 Å². The largest absolute Gasteiger partial charge is 0.460 e. The fourth-order valence-corrected chi connectivity index (χ4v) is 1.86. The van der Waals surface area contributed by atoms with E-state index >= 15 is 0 Å². The Labute approximate surface area is 117 Å². The molecule has 0 aromatic heterocycles. The molecule has 0 bridgehead atoms. The van der Waals surface area contributed by atoms with Gasteiger partial charge >= 0.3 is 5.97 Å². The van der Waals surface area contributed by atoms with Gasteiger partial charge < -0.3 is 9.64 Å². The molecule has 0 saturated heterocycles. The topological polar surface area (TPSA) is 46.6 Å². The molecule has 0 aliphatic rings. The van der Waals surface area contributed by atoms with Crippen molar-refractivity contribution in [3.8, 4) is 0 Å². The lowest BCUT2D eigenvalue weighted by molar-refractivity contribution is -0.156. The Hall–Kier alpha value is -1.06. The molecule has 112 valence electrons. The Balaban J connectivity index is 4.13. The summed E-state index contributed by atoms with van der Waals surface area (Å²) in [5.41, 5.74) is -0.489. The van der Waals surface area contributed by atoms with Gasteiger partial charge in [0.2, 0.25) is 5.91 Å². The van der Waals surface area contributed by atoms with Crippen LogP contribution in [0.4, 0.5) is 0 Å². The molecule has 1 atom stereocenters. The van der Waals surface area contributed by atoms with Crippen LogP contribution in [0.15, 0.2) is 0 Å². The summed E-state index contributed by atoms with van der Waals surface area (Å²) in [6.45, 7) is 11.8. The molecule has 0 heterocycles. The van der Waals surface area contributed by atoms with Crippen LogP contribution in [0, 0.1) is 5.92 Å². The summed E-state index contributed by atoms with van der Waals surface area (Å²) in [7, 11) is 1.80. The van der Waals surface area contributed by atoms with E-state index in [9.17, 15) is 9.59 Å². The summed E-state index contributed by atoms with van der Waals surface area (Å²) in [5, 5.41) is 0. The lowest BCUT2D eigenvalue weighted by atomic mass is 10.0. The first-order chi connectivity index (χ1) is 8.53. The molecular formula is C15H29NO3. The number of rotatable bonds is 6. The fourth-order valence-electron chi connectivity index (χ4n) is 1.86. The van der Waals surface area contributed by atoms with E-state index < -0.39 is 5.60 Å². The van der Waals surface area contributed by atoms with E-state index in [0.29, 0.717) is 5.92 Å². The maximum absolute atomic E-state index is 12.0. The first-order valence-corrected chi connectivity index (χ1v) is 7.00. The van der Waals surface area contributed by atoms with Crippen LogP contribution in [0.25, 0.3) is 0 Å². The van der Waals surface area contributed by atoms with Crippen LogP contribution in [0.5, 0.6) is 0 Å². The third-order valence-electron chi connectivity index (χ3n) is 2.83. The van der Waals surface area contributed by atoms with Gasteiger partial charge in [0.25, 0.3) is 0 Å². The third kappa shape index (κ3) is 8.62. The van der Waals surface area contributed by atoms with Crippen LogP contribution in [0.1, 0.15) is 60.8 Å². The smallest absolute Gasteiger partial charge is 0.306 e. The highest BCUT2D eigenvalue weighted by molar-refractivity contribution is 5.81. The minimum Gasteiger partial charge on any atom is -0.460 e. The number of esters is 1. The number of carbonyl (C=O) groups excluding carboxylic acids is 2. The van der Waals surface area contributed by atoms with Gasteiger partial charge in [-0.05, 0) is 40.0 Å². The Bertz CT molecular complexity index is 305. The molecule has 19 heavy (non-hydrogen) atoms. The van der Waals surface area contributed by atoms with Gasteiger partial charge in [-0.15, -0.1) is 0 Å². The van der Waals surface area contributed by atoms with Crippen LogP contribution in [-0.4, -0.2) is 35.5 Å². The standard InChI is InChI=1S/C15H29NO3/c1-11(2)10-12(3)16(7)13(17)8-9-14(18)19-15(4,5)6/h11-12H,8-10H2,1-7H3. The highest BCUT2D eigenvalue weighted by Crippen LogP contribution is 2.13. The van der Waals surface area contributed by atoms with Gasteiger partial charge in [0.05, 0.1) is 6.42 Å². The molecule has 0 rings (SSSR count). The third-order valence-corrected chi connectivity index (χ3v) is 2.83. The summed E-state index contributed by atoms with van der Waals surface area (Å²) in [4.78, 5) is 25.2. The minimum atomic E-state index is -0.489.